The van der Waals surface area contributed by atoms with Gasteiger partial charge in [-0.1, -0.05) is 19.6 Å². The number of nitrogens with zero attached hydrogens (tertiary/aromatic N) is 7. The van der Waals surface area contributed by atoms with Gasteiger partial charge in [-0.05, 0) is 12.1 Å². The lowest BCUT2D eigenvalue weighted by atomic mass is 10.1. The van der Waals surface area contributed by atoms with Crippen molar-refractivity contribution >= 4 is 19.1 Å². The van der Waals surface area contributed by atoms with Crippen LogP contribution in [0.15, 0.2) is 31.0 Å². The summed E-state index contributed by atoms with van der Waals surface area (Å²) in [7, 11) is -1.09. The monoisotopic (exact) mass is 409 g/mol. The van der Waals surface area contributed by atoms with E-state index in [2.05, 4.69) is 45.7 Å². The molecule has 1 aliphatic heterocycles. The average Bonchev–Trinajstić information content (AvgIpc) is 3.28. The summed E-state index contributed by atoms with van der Waals surface area (Å²) < 4.78 is 9.90. The van der Waals surface area contributed by atoms with E-state index in [9.17, 15) is 0 Å². The minimum Gasteiger partial charge on any atom is -0.361 e. The van der Waals surface area contributed by atoms with E-state index in [1.807, 2.05) is 33.9 Å². The summed E-state index contributed by atoms with van der Waals surface area (Å²) in [4.78, 5) is 11.1. The van der Waals surface area contributed by atoms with Gasteiger partial charge in [-0.3, -0.25) is 9.58 Å². The van der Waals surface area contributed by atoms with E-state index < -0.39 is 8.07 Å². The summed E-state index contributed by atoms with van der Waals surface area (Å²) in [5.41, 5.74) is 2.74. The third-order valence-electron chi connectivity index (χ3n) is 5.26. The second kappa shape index (κ2) is 8.06. The number of rotatable bonds is 8. The van der Waals surface area contributed by atoms with Gasteiger partial charge in [0.2, 0.25) is 0 Å². The van der Waals surface area contributed by atoms with E-state index in [1.54, 1.807) is 6.33 Å². The van der Waals surface area contributed by atoms with Crippen molar-refractivity contribution in [2.24, 2.45) is 0 Å². The Labute approximate surface area is 171 Å². The first-order chi connectivity index (χ1) is 13.9. The molecule has 4 heterocycles. The molecule has 29 heavy (non-hydrogen) atoms. The molecule has 0 saturated carbocycles. The molecular formula is C20H27N7OSi. The van der Waals surface area contributed by atoms with Gasteiger partial charge in [0.05, 0.1) is 30.5 Å². The number of hydrogen-bond acceptors (Lipinski definition) is 6. The first kappa shape index (κ1) is 19.8. The molecule has 4 rings (SSSR count). The van der Waals surface area contributed by atoms with Crippen LogP contribution in [0.1, 0.15) is 6.04 Å². The van der Waals surface area contributed by atoms with Gasteiger partial charge in [0.25, 0.3) is 0 Å². The number of fused-ring (bicyclic) bond motifs is 1. The number of ether oxygens (including phenoxy) is 1. The van der Waals surface area contributed by atoms with Gasteiger partial charge in [-0.25, -0.2) is 9.97 Å². The van der Waals surface area contributed by atoms with Crippen molar-refractivity contribution in [3.05, 3.63) is 31.0 Å². The molecule has 8 nitrogen and oxygen atoms in total. The molecule has 0 atom stereocenters. The van der Waals surface area contributed by atoms with Gasteiger partial charge >= 0.3 is 0 Å². The molecular weight excluding hydrogens is 382 g/mol. The highest BCUT2D eigenvalue weighted by Crippen LogP contribution is 2.28. The number of nitriles is 1. The molecule has 9 heteroatoms. The highest BCUT2D eigenvalue weighted by Gasteiger charge is 2.28. The topological polar surface area (TPSA) is 84.8 Å². The maximum absolute atomic E-state index is 8.78. The van der Waals surface area contributed by atoms with E-state index in [-0.39, 0.29) is 0 Å². The zero-order valence-electron chi connectivity index (χ0n) is 17.2. The summed E-state index contributed by atoms with van der Waals surface area (Å²) in [6.07, 6.45) is 7.51. The highest BCUT2D eigenvalue weighted by atomic mass is 28.3. The fourth-order valence-electron chi connectivity index (χ4n) is 3.48. The Morgan fingerprint density at radius 3 is 2.86 bits per heavy atom. The number of aromatic nitrogens is 5. The second-order valence-corrected chi connectivity index (χ2v) is 14.4. The SMILES string of the molecule is C[Si](C)(C)CCOCn1ccc2c(-c3cnn(C4CN(CC#N)C4)c3)ncnc21. The third-order valence-corrected chi connectivity index (χ3v) is 6.97. The molecule has 3 aromatic heterocycles. The lowest BCUT2D eigenvalue weighted by Crippen LogP contribution is -2.47. The molecule has 1 fully saturated rings. The Bertz CT molecular complexity index is 1020. The number of likely N-dealkylation sites (tertiary alicyclic amines) is 1. The molecule has 0 unspecified atom stereocenters. The Hall–Kier alpha value is -2.54. The summed E-state index contributed by atoms with van der Waals surface area (Å²) in [5.74, 6) is 0. The molecule has 152 valence electrons. The van der Waals surface area contributed by atoms with Gasteiger partial charge in [0.15, 0.2) is 0 Å². The van der Waals surface area contributed by atoms with Crippen molar-refractivity contribution in [1.29, 1.82) is 5.26 Å². The van der Waals surface area contributed by atoms with Crippen LogP contribution in [0.5, 0.6) is 0 Å². The molecule has 0 radical (unpaired) electrons. The second-order valence-electron chi connectivity index (χ2n) is 8.81. The van der Waals surface area contributed by atoms with Gasteiger partial charge in [-0.2, -0.15) is 10.4 Å². The predicted molar refractivity (Wildman–Crippen MR) is 114 cm³/mol. The average molecular weight is 410 g/mol. The molecule has 0 spiro atoms. The van der Waals surface area contributed by atoms with E-state index in [4.69, 9.17) is 10.00 Å². The quantitative estimate of drug-likeness (QED) is 0.323. The lowest BCUT2D eigenvalue weighted by molar-refractivity contribution is 0.0899. The van der Waals surface area contributed by atoms with Crippen molar-refractivity contribution in [1.82, 2.24) is 29.2 Å². The van der Waals surface area contributed by atoms with Crippen LogP contribution in [-0.2, 0) is 11.5 Å². The lowest BCUT2D eigenvalue weighted by Gasteiger charge is -2.37. The maximum Gasteiger partial charge on any atom is 0.145 e. The zero-order valence-corrected chi connectivity index (χ0v) is 18.2. The fraction of sp³-hybridized carbons (Fsp3) is 0.500. The summed E-state index contributed by atoms with van der Waals surface area (Å²) in [6, 6.07) is 5.70. The first-order valence-corrected chi connectivity index (χ1v) is 13.7. The number of hydrogen-bond donors (Lipinski definition) is 0. The highest BCUT2D eigenvalue weighted by molar-refractivity contribution is 6.76. The molecule has 0 bridgehead atoms. The van der Waals surface area contributed by atoms with Crippen LogP contribution in [0.25, 0.3) is 22.3 Å². The van der Waals surface area contributed by atoms with E-state index in [0.717, 1.165) is 48.0 Å². The van der Waals surface area contributed by atoms with Gasteiger partial charge in [0, 0.05) is 51.1 Å². The Balaban J connectivity index is 1.47. The Kier molecular flexibility index (Phi) is 5.49. The molecule has 0 aromatic carbocycles. The Morgan fingerprint density at radius 1 is 1.28 bits per heavy atom. The minimum absolute atomic E-state index is 0.318. The van der Waals surface area contributed by atoms with Crippen LogP contribution in [0.3, 0.4) is 0 Å². The first-order valence-electron chi connectivity index (χ1n) is 9.96. The molecule has 0 N–H and O–H groups in total. The van der Waals surface area contributed by atoms with Crippen molar-refractivity contribution in [3.8, 4) is 17.3 Å². The zero-order chi connectivity index (χ0) is 20.4. The van der Waals surface area contributed by atoms with Gasteiger partial charge < -0.3 is 9.30 Å². The van der Waals surface area contributed by atoms with Crippen molar-refractivity contribution < 1.29 is 4.74 Å². The van der Waals surface area contributed by atoms with Gasteiger partial charge in [-0.15, -0.1) is 0 Å². The van der Waals surface area contributed by atoms with Crippen LogP contribution in [-0.4, -0.2) is 63.5 Å². The van der Waals surface area contributed by atoms with E-state index >= 15 is 0 Å². The standard InChI is InChI=1S/C20H27N7OSi/c1-29(2,3)9-8-28-15-26-6-4-18-19(22-14-23-20(18)26)16-10-24-27(11-16)17-12-25(13-17)7-5-21/h4,6,10-11,14,17H,7-9,12-13,15H2,1-3H3. The molecule has 1 saturated heterocycles. The normalized spacial score (nSPS) is 15.5. The predicted octanol–water partition coefficient (Wildman–Crippen LogP) is 2.99. The van der Waals surface area contributed by atoms with Crippen molar-refractivity contribution in [2.45, 2.75) is 38.5 Å². The largest absolute Gasteiger partial charge is 0.361 e. The van der Waals surface area contributed by atoms with Crippen LogP contribution >= 0.6 is 0 Å². The Morgan fingerprint density at radius 2 is 2.10 bits per heavy atom. The maximum atomic E-state index is 8.78. The van der Waals surface area contributed by atoms with Crippen LogP contribution in [0.4, 0.5) is 0 Å². The van der Waals surface area contributed by atoms with Crippen LogP contribution in [0.2, 0.25) is 25.7 Å². The summed E-state index contributed by atoms with van der Waals surface area (Å²) in [5, 5.41) is 14.3. The molecule has 3 aromatic rings. The van der Waals surface area contributed by atoms with E-state index in [0.29, 0.717) is 19.3 Å². The molecule has 0 aliphatic carbocycles. The van der Waals surface area contributed by atoms with Gasteiger partial charge in [0.1, 0.15) is 18.7 Å². The van der Waals surface area contributed by atoms with Crippen LogP contribution < -0.4 is 0 Å². The third kappa shape index (κ3) is 4.39. The van der Waals surface area contributed by atoms with E-state index in [1.165, 1.54) is 0 Å². The minimum atomic E-state index is -1.09. The molecule has 1 aliphatic rings. The fourth-order valence-corrected chi connectivity index (χ4v) is 4.23. The van der Waals surface area contributed by atoms with Crippen LogP contribution in [0, 0.1) is 11.3 Å². The van der Waals surface area contributed by atoms with Crippen molar-refractivity contribution in [2.75, 3.05) is 26.2 Å². The smallest absolute Gasteiger partial charge is 0.145 e. The molecule has 0 amide bonds. The van der Waals surface area contributed by atoms with Crippen molar-refractivity contribution in [3.63, 3.8) is 0 Å². The summed E-state index contributed by atoms with van der Waals surface area (Å²) >= 11 is 0. The summed E-state index contributed by atoms with van der Waals surface area (Å²) in [6.45, 7) is 10.5.